The van der Waals surface area contributed by atoms with E-state index in [4.69, 9.17) is 13.9 Å². The lowest BCUT2D eigenvalue weighted by Gasteiger charge is -2.37. The first-order chi connectivity index (χ1) is 19.1. The zero-order valence-electron chi connectivity index (χ0n) is 21.0. The van der Waals surface area contributed by atoms with Gasteiger partial charge in [-0.25, -0.2) is 9.37 Å². The number of aromatic nitrogens is 1. The molecule has 4 aromatic rings. The van der Waals surface area contributed by atoms with Crippen LogP contribution in [0.5, 0.6) is 5.75 Å². The maximum absolute atomic E-state index is 13.8. The van der Waals surface area contributed by atoms with Crippen LogP contribution in [0.1, 0.15) is 48.8 Å². The number of hydrogen-bond acceptors (Lipinski definition) is 7. The molecule has 39 heavy (non-hydrogen) atoms. The molecule has 2 amide bonds. The molecular weight excluding hydrogens is 521 g/mol. The molecule has 1 fully saturated rings. The number of furan rings is 1. The van der Waals surface area contributed by atoms with Crippen LogP contribution in [0.4, 0.5) is 4.39 Å². The first kappa shape index (κ1) is 25.3. The summed E-state index contributed by atoms with van der Waals surface area (Å²) < 4.78 is 30.6. The molecule has 0 saturated carbocycles. The Bertz CT molecular complexity index is 1460. The second-order valence-electron chi connectivity index (χ2n) is 9.36. The molecule has 0 N–H and O–H groups in total. The van der Waals surface area contributed by atoms with Crippen molar-refractivity contribution in [1.29, 1.82) is 0 Å². The molecule has 2 aliphatic rings. The summed E-state index contributed by atoms with van der Waals surface area (Å²) in [6.07, 6.45) is 2.14. The quantitative estimate of drug-likeness (QED) is 0.348. The van der Waals surface area contributed by atoms with E-state index in [1.807, 2.05) is 18.2 Å². The number of carbonyl (C=O) groups is 2. The van der Waals surface area contributed by atoms with Gasteiger partial charge in [0, 0.05) is 25.0 Å². The van der Waals surface area contributed by atoms with E-state index in [2.05, 4.69) is 4.98 Å². The Labute approximate surface area is 228 Å². The minimum Gasteiger partial charge on any atom is -0.486 e. The van der Waals surface area contributed by atoms with Gasteiger partial charge in [-0.1, -0.05) is 18.2 Å². The number of fused-ring (bicyclic) bond motifs is 1. The van der Waals surface area contributed by atoms with Gasteiger partial charge < -0.3 is 23.7 Å². The summed E-state index contributed by atoms with van der Waals surface area (Å²) >= 11 is 1.38. The molecule has 0 aliphatic carbocycles. The smallest absolute Gasteiger partial charge is 0.290 e. The fourth-order valence-electron chi connectivity index (χ4n) is 5.00. The van der Waals surface area contributed by atoms with Crippen molar-refractivity contribution >= 4 is 23.2 Å². The molecular formula is C29H26FN3O5S. The summed E-state index contributed by atoms with van der Waals surface area (Å²) in [5.74, 6) is 0.198. The lowest BCUT2D eigenvalue weighted by atomic mass is 9.87. The van der Waals surface area contributed by atoms with Crippen LogP contribution in [-0.4, -0.2) is 59.4 Å². The van der Waals surface area contributed by atoms with E-state index in [0.717, 1.165) is 16.7 Å². The van der Waals surface area contributed by atoms with Crippen molar-refractivity contribution in [3.8, 4) is 5.75 Å². The van der Waals surface area contributed by atoms with Crippen LogP contribution in [0.25, 0.3) is 0 Å². The molecule has 6 rings (SSSR count). The first-order valence-electron chi connectivity index (χ1n) is 12.7. The molecule has 0 bridgehead atoms. The predicted octanol–water partition coefficient (Wildman–Crippen LogP) is 4.71. The standard InChI is InChI=1S/C29H26FN3O5S/c30-21-6-3-20(4-7-21)27-23-16-22(8-5-19(23)9-10-33(27)29(35)25-2-1-13-37-25)38-17-26-31-24(18-39-26)28(34)32-11-14-36-15-12-32/h1-8,13,16,18,27H,9-12,14-15,17H2. The highest BCUT2D eigenvalue weighted by Gasteiger charge is 2.34. The number of carbonyl (C=O) groups excluding carboxylic acids is 2. The normalized spacial score (nSPS) is 17.1. The second kappa shape index (κ2) is 11.0. The summed E-state index contributed by atoms with van der Waals surface area (Å²) in [4.78, 5) is 34.1. The van der Waals surface area contributed by atoms with Crippen molar-refractivity contribution in [2.75, 3.05) is 32.8 Å². The number of amides is 2. The number of benzene rings is 2. The van der Waals surface area contributed by atoms with Gasteiger partial charge in [-0.3, -0.25) is 9.59 Å². The predicted molar refractivity (Wildman–Crippen MR) is 141 cm³/mol. The average molecular weight is 548 g/mol. The van der Waals surface area contributed by atoms with Gasteiger partial charge in [0.25, 0.3) is 11.8 Å². The number of morpholine rings is 1. The number of halogens is 1. The third-order valence-corrected chi connectivity index (χ3v) is 7.78. The molecule has 1 unspecified atom stereocenters. The number of ether oxygens (including phenoxy) is 2. The maximum Gasteiger partial charge on any atom is 0.290 e. The van der Waals surface area contributed by atoms with Crippen LogP contribution in [0.15, 0.2) is 70.7 Å². The highest BCUT2D eigenvalue weighted by Crippen LogP contribution is 2.38. The van der Waals surface area contributed by atoms with E-state index in [1.54, 1.807) is 39.4 Å². The van der Waals surface area contributed by atoms with Crippen molar-refractivity contribution in [2.24, 2.45) is 0 Å². The van der Waals surface area contributed by atoms with Crippen LogP contribution in [-0.2, 0) is 17.8 Å². The van der Waals surface area contributed by atoms with Gasteiger partial charge in [0.1, 0.15) is 28.9 Å². The van der Waals surface area contributed by atoms with Crippen molar-refractivity contribution < 1.29 is 27.9 Å². The van der Waals surface area contributed by atoms with Gasteiger partial charge in [-0.15, -0.1) is 11.3 Å². The number of nitrogens with zero attached hydrogens (tertiary/aromatic N) is 3. The Morgan fingerprint density at radius 3 is 2.64 bits per heavy atom. The Kier molecular flexibility index (Phi) is 7.12. The van der Waals surface area contributed by atoms with Crippen LogP contribution in [0, 0.1) is 5.82 Å². The van der Waals surface area contributed by atoms with Gasteiger partial charge in [-0.2, -0.15) is 0 Å². The van der Waals surface area contributed by atoms with Crippen molar-refractivity contribution in [2.45, 2.75) is 19.1 Å². The van der Waals surface area contributed by atoms with Gasteiger partial charge >= 0.3 is 0 Å². The fourth-order valence-corrected chi connectivity index (χ4v) is 5.68. The third-order valence-electron chi connectivity index (χ3n) is 6.96. The molecule has 10 heteroatoms. The van der Waals surface area contributed by atoms with Crippen LogP contribution < -0.4 is 4.74 Å². The van der Waals surface area contributed by atoms with Crippen LogP contribution >= 0.6 is 11.3 Å². The van der Waals surface area contributed by atoms with Crippen LogP contribution in [0.3, 0.4) is 0 Å². The van der Waals surface area contributed by atoms with Crippen LogP contribution in [0.2, 0.25) is 0 Å². The minimum atomic E-state index is -0.437. The topological polar surface area (TPSA) is 85.1 Å². The lowest BCUT2D eigenvalue weighted by Crippen LogP contribution is -2.40. The van der Waals surface area contributed by atoms with E-state index >= 15 is 0 Å². The largest absolute Gasteiger partial charge is 0.486 e. The molecule has 2 aromatic heterocycles. The molecule has 2 aromatic carbocycles. The minimum absolute atomic E-state index is 0.0990. The fraction of sp³-hybridized carbons (Fsp3) is 0.276. The Morgan fingerprint density at radius 1 is 1.05 bits per heavy atom. The van der Waals surface area contributed by atoms with Gasteiger partial charge in [0.15, 0.2) is 5.76 Å². The van der Waals surface area contributed by atoms with Gasteiger partial charge in [0.05, 0.1) is 25.5 Å². The van der Waals surface area contributed by atoms with Gasteiger partial charge in [-0.05, 0) is 59.5 Å². The number of hydrogen-bond donors (Lipinski definition) is 0. The van der Waals surface area contributed by atoms with E-state index in [1.165, 1.54) is 29.7 Å². The number of thiazole rings is 1. The molecule has 1 atom stereocenters. The van der Waals surface area contributed by atoms with E-state index in [-0.39, 0.29) is 30.0 Å². The Balaban J connectivity index is 1.23. The monoisotopic (exact) mass is 547 g/mol. The first-order valence-corrected chi connectivity index (χ1v) is 13.6. The molecule has 8 nitrogen and oxygen atoms in total. The molecule has 1 saturated heterocycles. The van der Waals surface area contributed by atoms with Crippen molar-refractivity contribution in [3.63, 3.8) is 0 Å². The molecule has 4 heterocycles. The SMILES string of the molecule is O=C(c1csc(COc2ccc3c(c2)C(c2ccc(F)cc2)N(C(=O)c2ccco2)CC3)n1)N1CCOCC1. The summed E-state index contributed by atoms with van der Waals surface area (Å²) in [5, 5.41) is 2.44. The maximum atomic E-state index is 13.8. The summed E-state index contributed by atoms with van der Waals surface area (Å²) in [5.41, 5.74) is 3.20. The lowest BCUT2D eigenvalue weighted by molar-refractivity contribution is 0.0299. The zero-order chi connectivity index (χ0) is 26.8. The van der Waals surface area contributed by atoms with Crippen molar-refractivity contribution in [1.82, 2.24) is 14.8 Å². The van der Waals surface area contributed by atoms with Crippen molar-refractivity contribution in [3.05, 3.63) is 105 Å². The highest BCUT2D eigenvalue weighted by molar-refractivity contribution is 7.09. The number of rotatable bonds is 6. The summed E-state index contributed by atoms with van der Waals surface area (Å²) in [7, 11) is 0. The summed E-state index contributed by atoms with van der Waals surface area (Å²) in [6, 6.07) is 14.9. The molecule has 0 spiro atoms. The Hall–Kier alpha value is -4.02. The van der Waals surface area contributed by atoms with E-state index < -0.39 is 6.04 Å². The zero-order valence-corrected chi connectivity index (χ0v) is 21.9. The summed E-state index contributed by atoms with van der Waals surface area (Å²) in [6.45, 7) is 2.89. The van der Waals surface area contributed by atoms with E-state index in [9.17, 15) is 14.0 Å². The highest BCUT2D eigenvalue weighted by atomic mass is 32.1. The van der Waals surface area contributed by atoms with Gasteiger partial charge in [0.2, 0.25) is 0 Å². The molecule has 200 valence electrons. The third kappa shape index (κ3) is 5.30. The second-order valence-corrected chi connectivity index (χ2v) is 10.3. The Morgan fingerprint density at radius 2 is 1.87 bits per heavy atom. The average Bonchev–Trinajstić information content (AvgIpc) is 3.69. The molecule has 0 radical (unpaired) electrons. The molecule has 2 aliphatic heterocycles. The van der Waals surface area contributed by atoms with E-state index in [0.29, 0.717) is 55.7 Å².